The number of halogens is 1. The summed E-state index contributed by atoms with van der Waals surface area (Å²) in [5.41, 5.74) is -0.226. The number of hydrogen-bond acceptors (Lipinski definition) is 6. The van der Waals surface area contributed by atoms with Gasteiger partial charge in [-0.1, -0.05) is 11.6 Å². The summed E-state index contributed by atoms with van der Waals surface area (Å²) in [6, 6.07) is 2.80. The molecular formula is C16H25ClN2O5S. The molecule has 9 heteroatoms. The minimum Gasteiger partial charge on any atom is -0.493 e. The zero-order chi connectivity index (χ0) is 18.5. The van der Waals surface area contributed by atoms with Crippen LogP contribution in [-0.4, -0.2) is 56.0 Å². The van der Waals surface area contributed by atoms with E-state index in [4.69, 9.17) is 25.8 Å². The molecule has 0 saturated carbocycles. The Labute approximate surface area is 154 Å². The Kier molecular flexibility index (Phi) is 6.93. The molecule has 0 atom stereocenters. The third-order valence-corrected chi connectivity index (χ3v) is 6.35. The van der Waals surface area contributed by atoms with Crippen molar-refractivity contribution >= 4 is 21.6 Å². The molecule has 1 aliphatic rings. The molecule has 1 heterocycles. The highest BCUT2D eigenvalue weighted by molar-refractivity contribution is 7.89. The highest BCUT2D eigenvalue weighted by Gasteiger charge is 2.34. The molecule has 142 valence electrons. The van der Waals surface area contributed by atoms with Gasteiger partial charge < -0.3 is 19.5 Å². The summed E-state index contributed by atoms with van der Waals surface area (Å²) >= 11 is 6.15. The molecule has 0 bridgehead atoms. The van der Waals surface area contributed by atoms with Gasteiger partial charge in [-0.3, -0.25) is 0 Å². The van der Waals surface area contributed by atoms with Crippen molar-refractivity contribution in [3.63, 3.8) is 0 Å². The zero-order valence-electron chi connectivity index (χ0n) is 14.7. The second-order valence-corrected chi connectivity index (χ2v) is 8.29. The van der Waals surface area contributed by atoms with E-state index in [2.05, 4.69) is 10.0 Å². The van der Waals surface area contributed by atoms with Crippen molar-refractivity contribution in [3.8, 4) is 11.5 Å². The topological polar surface area (TPSA) is 85.9 Å². The van der Waals surface area contributed by atoms with E-state index >= 15 is 0 Å². The van der Waals surface area contributed by atoms with Crippen LogP contribution in [0.4, 0.5) is 0 Å². The van der Waals surface area contributed by atoms with Crippen LogP contribution in [0.25, 0.3) is 0 Å². The van der Waals surface area contributed by atoms with Crippen LogP contribution in [0.2, 0.25) is 5.02 Å². The number of benzene rings is 1. The van der Waals surface area contributed by atoms with E-state index in [-0.39, 0.29) is 21.9 Å². The van der Waals surface area contributed by atoms with Gasteiger partial charge in [-0.15, -0.1) is 0 Å². The first-order valence-corrected chi connectivity index (χ1v) is 9.84. The maximum Gasteiger partial charge on any atom is 0.242 e. The summed E-state index contributed by atoms with van der Waals surface area (Å²) in [5.74, 6) is 0.682. The van der Waals surface area contributed by atoms with Gasteiger partial charge in [-0.25, -0.2) is 13.1 Å². The molecule has 0 aliphatic carbocycles. The minimum atomic E-state index is -3.80. The summed E-state index contributed by atoms with van der Waals surface area (Å²) in [4.78, 5) is -0.0340. The van der Waals surface area contributed by atoms with Gasteiger partial charge in [0.2, 0.25) is 10.0 Å². The first-order chi connectivity index (χ1) is 11.9. The third kappa shape index (κ3) is 4.77. The van der Waals surface area contributed by atoms with E-state index in [9.17, 15) is 8.42 Å². The van der Waals surface area contributed by atoms with Gasteiger partial charge in [0.15, 0.2) is 11.5 Å². The molecule has 1 aliphatic heterocycles. The number of piperidine rings is 1. The highest BCUT2D eigenvalue weighted by atomic mass is 35.5. The first-order valence-electron chi connectivity index (χ1n) is 7.98. The first kappa shape index (κ1) is 20.3. The summed E-state index contributed by atoms with van der Waals surface area (Å²) < 4.78 is 43.8. The van der Waals surface area contributed by atoms with E-state index in [1.54, 1.807) is 7.11 Å². The second kappa shape index (κ2) is 8.55. The summed E-state index contributed by atoms with van der Waals surface area (Å²) in [5, 5.41) is 3.36. The van der Waals surface area contributed by atoms with Crippen LogP contribution in [0.15, 0.2) is 17.0 Å². The van der Waals surface area contributed by atoms with Crippen LogP contribution in [-0.2, 0) is 14.8 Å². The quantitative estimate of drug-likeness (QED) is 0.699. The van der Waals surface area contributed by atoms with Crippen LogP contribution < -0.4 is 19.5 Å². The number of methoxy groups -OCH3 is 3. The zero-order valence-corrected chi connectivity index (χ0v) is 16.3. The maximum absolute atomic E-state index is 12.8. The second-order valence-electron chi connectivity index (χ2n) is 6.15. The molecule has 0 radical (unpaired) electrons. The molecule has 1 aromatic carbocycles. The SMILES string of the molecule is COCC1(CNS(=O)(=O)c2cc(OC)c(OC)cc2Cl)CCNCC1. The van der Waals surface area contributed by atoms with E-state index in [0.29, 0.717) is 18.1 Å². The smallest absolute Gasteiger partial charge is 0.242 e. The maximum atomic E-state index is 12.8. The van der Waals surface area contributed by atoms with Gasteiger partial charge in [0.1, 0.15) is 4.90 Å². The number of hydrogen-bond donors (Lipinski definition) is 2. The van der Waals surface area contributed by atoms with Gasteiger partial charge in [-0.2, -0.15) is 0 Å². The number of nitrogens with one attached hydrogen (secondary N) is 2. The molecule has 0 amide bonds. The van der Waals surface area contributed by atoms with Gasteiger partial charge in [0.05, 0.1) is 25.8 Å². The van der Waals surface area contributed by atoms with Gasteiger partial charge in [-0.05, 0) is 25.9 Å². The number of rotatable bonds is 8. The normalized spacial score (nSPS) is 17.3. The van der Waals surface area contributed by atoms with E-state index in [0.717, 1.165) is 25.9 Å². The Bertz CT molecular complexity index is 685. The fourth-order valence-corrected chi connectivity index (χ4v) is 4.69. The Balaban J connectivity index is 2.23. The fourth-order valence-electron chi connectivity index (χ4n) is 3.00. The summed E-state index contributed by atoms with van der Waals surface area (Å²) in [6.07, 6.45) is 1.67. The monoisotopic (exact) mass is 392 g/mol. The average Bonchev–Trinajstić information content (AvgIpc) is 2.61. The van der Waals surface area contributed by atoms with Gasteiger partial charge in [0.25, 0.3) is 0 Å². The Morgan fingerprint density at radius 1 is 1.16 bits per heavy atom. The Hall–Kier alpha value is -1.06. The van der Waals surface area contributed by atoms with E-state index in [1.807, 2.05) is 0 Å². The summed E-state index contributed by atoms with van der Waals surface area (Å²) in [7, 11) is 0.738. The largest absolute Gasteiger partial charge is 0.493 e. The molecule has 1 saturated heterocycles. The van der Waals surface area contributed by atoms with Gasteiger partial charge >= 0.3 is 0 Å². The van der Waals surface area contributed by atoms with E-state index in [1.165, 1.54) is 26.4 Å². The molecule has 1 aromatic rings. The molecule has 0 unspecified atom stereocenters. The molecule has 25 heavy (non-hydrogen) atoms. The van der Waals surface area contributed by atoms with Crippen LogP contribution in [0, 0.1) is 5.41 Å². The average molecular weight is 393 g/mol. The predicted molar refractivity (Wildman–Crippen MR) is 96.2 cm³/mol. The Morgan fingerprint density at radius 3 is 2.32 bits per heavy atom. The standard InChI is InChI=1S/C16H25ClN2O5S/c1-22-11-16(4-6-18-7-5-16)10-19-25(20,21)15-9-14(24-3)13(23-2)8-12(15)17/h8-9,18-19H,4-7,10-11H2,1-3H3. The number of sulfonamides is 1. The van der Waals surface area contributed by atoms with Crippen LogP contribution in [0.1, 0.15) is 12.8 Å². The molecule has 2 rings (SSSR count). The van der Waals surface area contributed by atoms with E-state index < -0.39 is 10.0 Å². The van der Waals surface area contributed by atoms with Crippen molar-refractivity contribution in [2.75, 3.05) is 47.6 Å². The minimum absolute atomic E-state index is 0.0340. The van der Waals surface area contributed by atoms with Crippen LogP contribution in [0.5, 0.6) is 11.5 Å². The molecular weight excluding hydrogens is 368 g/mol. The lowest BCUT2D eigenvalue weighted by molar-refractivity contribution is 0.0577. The van der Waals surface area contributed by atoms with Crippen molar-refractivity contribution < 1.29 is 22.6 Å². The van der Waals surface area contributed by atoms with Gasteiger partial charge in [0, 0.05) is 31.2 Å². The Morgan fingerprint density at radius 2 is 1.76 bits per heavy atom. The highest BCUT2D eigenvalue weighted by Crippen LogP contribution is 2.36. The lowest BCUT2D eigenvalue weighted by atomic mass is 9.80. The summed E-state index contributed by atoms with van der Waals surface area (Å²) in [6.45, 7) is 2.46. The van der Waals surface area contributed by atoms with Crippen molar-refractivity contribution in [3.05, 3.63) is 17.2 Å². The molecule has 2 N–H and O–H groups in total. The molecule has 7 nitrogen and oxygen atoms in total. The van der Waals surface area contributed by atoms with Crippen molar-refractivity contribution in [1.82, 2.24) is 10.0 Å². The van der Waals surface area contributed by atoms with Crippen molar-refractivity contribution in [2.24, 2.45) is 5.41 Å². The van der Waals surface area contributed by atoms with Crippen molar-refractivity contribution in [2.45, 2.75) is 17.7 Å². The lowest BCUT2D eigenvalue weighted by Crippen LogP contribution is -2.47. The molecule has 1 fully saturated rings. The fraction of sp³-hybridized carbons (Fsp3) is 0.625. The lowest BCUT2D eigenvalue weighted by Gasteiger charge is -2.37. The number of ether oxygens (including phenoxy) is 3. The molecule has 0 aromatic heterocycles. The third-order valence-electron chi connectivity index (χ3n) is 4.48. The predicted octanol–water partition coefficient (Wildman–Crippen LogP) is 1.65. The van der Waals surface area contributed by atoms with Crippen LogP contribution in [0.3, 0.4) is 0 Å². The molecule has 0 spiro atoms. The van der Waals surface area contributed by atoms with Crippen LogP contribution >= 0.6 is 11.6 Å². The van der Waals surface area contributed by atoms with Crippen molar-refractivity contribution in [1.29, 1.82) is 0 Å².